The summed E-state index contributed by atoms with van der Waals surface area (Å²) in [6.45, 7) is 6.67. The summed E-state index contributed by atoms with van der Waals surface area (Å²) in [7, 11) is 0. The summed E-state index contributed by atoms with van der Waals surface area (Å²) in [6.07, 6.45) is 8.55. The lowest BCUT2D eigenvalue weighted by Crippen LogP contribution is -2.32. The Hall–Kier alpha value is -1.56. The Morgan fingerprint density at radius 3 is 2.43 bits per heavy atom. The second-order valence-electron chi connectivity index (χ2n) is 6.67. The van der Waals surface area contributed by atoms with Crippen molar-refractivity contribution >= 4 is 5.69 Å². The molecule has 0 bridgehead atoms. The molecule has 0 saturated carbocycles. The van der Waals surface area contributed by atoms with Crippen LogP contribution in [0.1, 0.15) is 74.4 Å². The molecule has 21 heavy (non-hydrogen) atoms. The van der Waals surface area contributed by atoms with E-state index in [2.05, 4.69) is 24.8 Å². The summed E-state index contributed by atoms with van der Waals surface area (Å²) in [5.41, 5.74) is 5.89. The predicted molar refractivity (Wildman–Crippen MR) is 85.7 cm³/mol. The SMILES string of the molecule is CC(C)c1c(C#N)nc2c(c1N1CCCCC1)CCCC2. The molecule has 1 aliphatic heterocycles. The first kappa shape index (κ1) is 14.4. The first-order valence-corrected chi connectivity index (χ1v) is 8.43. The number of piperidine rings is 1. The first-order chi connectivity index (χ1) is 10.2. The van der Waals surface area contributed by atoms with E-state index < -0.39 is 0 Å². The van der Waals surface area contributed by atoms with Crippen molar-refractivity contribution in [2.24, 2.45) is 0 Å². The fourth-order valence-electron chi connectivity index (χ4n) is 3.85. The number of rotatable bonds is 2. The van der Waals surface area contributed by atoms with Gasteiger partial charge < -0.3 is 4.90 Å². The zero-order chi connectivity index (χ0) is 14.8. The summed E-state index contributed by atoms with van der Waals surface area (Å²) in [4.78, 5) is 7.27. The van der Waals surface area contributed by atoms with E-state index in [1.54, 1.807) is 0 Å². The van der Waals surface area contributed by atoms with Gasteiger partial charge in [0, 0.05) is 30.0 Å². The molecule has 1 aliphatic carbocycles. The van der Waals surface area contributed by atoms with Crippen LogP contribution in [0.3, 0.4) is 0 Å². The molecule has 0 atom stereocenters. The standard InChI is InChI=1S/C18H25N3/c1-13(2)17-16(12-19)20-15-9-5-4-8-14(15)18(17)21-10-6-3-7-11-21/h13H,3-11H2,1-2H3. The van der Waals surface area contributed by atoms with E-state index in [-0.39, 0.29) is 0 Å². The number of aromatic nitrogens is 1. The zero-order valence-electron chi connectivity index (χ0n) is 13.3. The number of nitriles is 1. The highest BCUT2D eigenvalue weighted by atomic mass is 15.1. The monoisotopic (exact) mass is 283 g/mol. The predicted octanol–water partition coefficient (Wildman–Crippen LogP) is 3.95. The Morgan fingerprint density at radius 2 is 1.76 bits per heavy atom. The van der Waals surface area contributed by atoms with Crippen LogP contribution in [-0.4, -0.2) is 18.1 Å². The number of hydrogen-bond acceptors (Lipinski definition) is 3. The average Bonchev–Trinajstić information content (AvgIpc) is 2.53. The van der Waals surface area contributed by atoms with Crippen LogP contribution in [0, 0.1) is 11.3 Å². The number of nitrogens with zero attached hydrogens (tertiary/aromatic N) is 3. The molecule has 1 aromatic rings. The van der Waals surface area contributed by atoms with Gasteiger partial charge in [0.2, 0.25) is 0 Å². The number of pyridine rings is 1. The fraction of sp³-hybridized carbons (Fsp3) is 0.667. The molecular weight excluding hydrogens is 258 g/mol. The number of hydrogen-bond donors (Lipinski definition) is 0. The molecule has 1 fully saturated rings. The van der Waals surface area contributed by atoms with Crippen molar-refractivity contribution in [1.29, 1.82) is 5.26 Å². The third-order valence-corrected chi connectivity index (χ3v) is 4.84. The largest absolute Gasteiger partial charge is 0.371 e. The Kier molecular flexibility index (Phi) is 4.14. The van der Waals surface area contributed by atoms with E-state index in [0.29, 0.717) is 11.6 Å². The van der Waals surface area contributed by atoms with Crippen LogP contribution in [0.2, 0.25) is 0 Å². The molecule has 0 unspecified atom stereocenters. The van der Waals surface area contributed by atoms with Gasteiger partial charge in [-0.1, -0.05) is 13.8 Å². The lowest BCUT2D eigenvalue weighted by atomic mass is 9.87. The Labute approximate surface area is 128 Å². The minimum atomic E-state index is 0.358. The van der Waals surface area contributed by atoms with Crippen LogP contribution in [0.15, 0.2) is 0 Å². The van der Waals surface area contributed by atoms with Crippen LogP contribution in [0.5, 0.6) is 0 Å². The quantitative estimate of drug-likeness (QED) is 0.825. The minimum absolute atomic E-state index is 0.358. The average molecular weight is 283 g/mol. The maximum atomic E-state index is 9.56. The molecule has 3 rings (SSSR count). The zero-order valence-corrected chi connectivity index (χ0v) is 13.3. The topological polar surface area (TPSA) is 39.9 Å². The highest BCUT2D eigenvalue weighted by Crippen LogP contribution is 2.38. The van der Waals surface area contributed by atoms with E-state index in [9.17, 15) is 5.26 Å². The smallest absolute Gasteiger partial charge is 0.146 e. The van der Waals surface area contributed by atoms with E-state index >= 15 is 0 Å². The van der Waals surface area contributed by atoms with Gasteiger partial charge in [-0.25, -0.2) is 4.98 Å². The van der Waals surface area contributed by atoms with Crippen LogP contribution in [-0.2, 0) is 12.8 Å². The second-order valence-corrected chi connectivity index (χ2v) is 6.67. The molecule has 0 aromatic carbocycles. The number of aryl methyl sites for hydroxylation is 1. The third-order valence-electron chi connectivity index (χ3n) is 4.84. The molecule has 2 heterocycles. The van der Waals surface area contributed by atoms with Crippen LogP contribution >= 0.6 is 0 Å². The van der Waals surface area contributed by atoms with Crippen molar-refractivity contribution in [2.45, 2.75) is 64.7 Å². The molecule has 1 aromatic heterocycles. The van der Waals surface area contributed by atoms with Gasteiger partial charge >= 0.3 is 0 Å². The van der Waals surface area contributed by atoms with Gasteiger partial charge in [0.1, 0.15) is 11.8 Å². The normalized spacial score (nSPS) is 18.5. The van der Waals surface area contributed by atoms with Gasteiger partial charge in [-0.3, -0.25) is 0 Å². The van der Waals surface area contributed by atoms with Gasteiger partial charge in [0.25, 0.3) is 0 Å². The molecule has 0 N–H and O–H groups in total. The Balaban J connectivity index is 2.19. The van der Waals surface area contributed by atoms with Crippen LogP contribution < -0.4 is 4.90 Å². The Bertz CT molecular complexity index is 563. The summed E-state index contributed by atoms with van der Waals surface area (Å²) >= 11 is 0. The van der Waals surface area contributed by atoms with Crippen molar-refractivity contribution in [3.63, 3.8) is 0 Å². The first-order valence-electron chi connectivity index (χ1n) is 8.43. The van der Waals surface area contributed by atoms with E-state index in [0.717, 1.165) is 25.9 Å². The minimum Gasteiger partial charge on any atom is -0.371 e. The van der Waals surface area contributed by atoms with E-state index in [1.165, 1.54) is 54.6 Å². The summed E-state index contributed by atoms with van der Waals surface area (Å²) in [6, 6.07) is 2.37. The molecule has 3 nitrogen and oxygen atoms in total. The maximum Gasteiger partial charge on any atom is 0.146 e. The Morgan fingerprint density at radius 1 is 1.05 bits per heavy atom. The van der Waals surface area contributed by atoms with Crippen molar-refractivity contribution in [3.8, 4) is 6.07 Å². The summed E-state index contributed by atoms with van der Waals surface area (Å²) in [5, 5.41) is 9.56. The van der Waals surface area contributed by atoms with Crippen LogP contribution in [0.25, 0.3) is 0 Å². The molecular formula is C18H25N3. The van der Waals surface area contributed by atoms with Gasteiger partial charge in [-0.15, -0.1) is 0 Å². The number of anilines is 1. The van der Waals surface area contributed by atoms with Gasteiger partial charge in [0.15, 0.2) is 0 Å². The molecule has 3 heteroatoms. The van der Waals surface area contributed by atoms with Crippen LogP contribution in [0.4, 0.5) is 5.69 Å². The lowest BCUT2D eigenvalue weighted by Gasteiger charge is -2.35. The van der Waals surface area contributed by atoms with Gasteiger partial charge in [-0.05, 0) is 56.4 Å². The summed E-state index contributed by atoms with van der Waals surface area (Å²) in [5.74, 6) is 0.358. The lowest BCUT2D eigenvalue weighted by molar-refractivity contribution is 0.568. The third kappa shape index (κ3) is 2.64. The van der Waals surface area contributed by atoms with E-state index in [4.69, 9.17) is 4.98 Å². The molecule has 2 aliphatic rings. The number of fused-ring (bicyclic) bond motifs is 1. The van der Waals surface area contributed by atoms with Crippen molar-refractivity contribution in [3.05, 3.63) is 22.5 Å². The second kappa shape index (κ2) is 6.05. The van der Waals surface area contributed by atoms with Crippen molar-refractivity contribution in [2.75, 3.05) is 18.0 Å². The molecule has 0 radical (unpaired) electrons. The molecule has 1 saturated heterocycles. The molecule has 112 valence electrons. The summed E-state index contributed by atoms with van der Waals surface area (Å²) < 4.78 is 0. The van der Waals surface area contributed by atoms with Crippen molar-refractivity contribution < 1.29 is 0 Å². The van der Waals surface area contributed by atoms with Gasteiger partial charge in [0.05, 0.1) is 0 Å². The molecule has 0 amide bonds. The van der Waals surface area contributed by atoms with Gasteiger partial charge in [-0.2, -0.15) is 5.26 Å². The highest BCUT2D eigenvalue weighted by molar-refractivity contribution is 5.66. The van der Waals surface area contributed by atoms with E-state index in [1.807, 2.05) is 0 Å². The molecule has 0 spiro atoms. The maximum absolute atomic E-state index is 9.56. The van der Waals surface area contributed by atoms with Crippen molar-refractivity contribution in [1.82, 2.24) is 4.98 Å². The highest BCUT2D eigenvalue weighted by Gasteiger charge is 2.27. The fourth-order valence-corrected chi connectivity index (χ4v) is 3.85.